The molecule has 0 unspecified atom stereocenters. The zero-order valence-electron chi connectivity index (χ0n) is 12.4. The van der Waals surface area contributed by atoms with Crippen molar-refractivity contribution in [3.63, 3.8) is 0 Å². The van der Waals surface area contributed by atoms with Crippen LogP contribution < -0.4 is 5.32 Å². The summed E-state index contributed by atoms with van der Waals surface area (Å²) in [6.07, 6.45) is 0. The first-order valence-corrected chi connectivity index (χ1v) is 7.26. The molecule has 0 spiro atoms. The molecule has 0 bridgehead atoms. The second-order valence-electron chi connectivity index (χ2n) is 5.24. The Morgan fingerprint density at radius 3 is 2.32 bits per heavy atom. The second-order valence-corrected chi connectivity index (χ2v) is 5.24. The van der Waals surface area contributed by atoms with E-state index in [2.05, 4.69) is 24.4 Å². The van der Waals surface area contributed by atoms with E-state index < -0.39 is 0 Å². The maximum absolute atomic E-state index is 12.6. The van der Waals surface area contributed by atoms with Crippen LogP contribution in [0, 0.1) is 6.92 Å². The number of hydrogen-bond acceptors (Lipinski definition) is 1. The summed E-state index contributed by atoms with van der Waals surface area (Å²) in [5.74, 6) is -0.0942. The van der Waals surface area contributed by atoms with Gasteiger partial charge in [-0.15, -0.1) is 0 Å². The smallest absolute Gasteiger partial charge is 0.256 e. The highest BCUT2D eigenvalue weighted by Crippen LogP contribution is 2.25. The molecule has 0 saturated carbocycles. The zero-order chi connectivity index (χ0) is 15.4. The number of para-hydroxylation sites is 1. The predicted molar refractivity (Wildman–Crippen MR) is 91.0 cm³/mol. The molecule has 0 atom stereocenters. The lowest BCUT2D eigenvalue weighted by Crippen LogP contribution is -2.13. The van der Waals surface area contributed by atoms with E-state index in [0.29, 0.717) is 5.56 Å². The average molecular weight is 287 g/mol. The first kappa shape index (κ1) is 14.1. The Kier molecular flexibility index (Phi) is 4.01. The summed E-state index contributed by atoms with van der Waals surface area (Å²) in [6, 6.07) is 25.4. The fourth-order valence-corrected chi connectivity index (χ4v) is 2.47. The molecule has 108 valence electrons. The quantitative estimate of drug-likeness (QED) is 0.728. The van der Waals surface area contributed by atoms with Crippen LogP contribution in [0.25, 0.3) is 11.1 Å². The Bertz CT molecular complexity index is 794. The van der Waals surface area contributed by atoms with Gasteiger partial charge in [0.1, 0.15) is 0 Å². The number of aryl methyl sites for hydroxylation is 1. The molecule has 22 heavy (non-hydrogen) atoms. The van der Waals surface area contributed by atoms with Crippen LogP contribution in [-0.4, -0.2) is 5.91 Å². The number of hydrogen-bond donors (Lipinski definition) is 1. The number of anilines is 1. The summed E-state index contributed by atoms with van der Waals surface area (Å²) in [5, 5.41) is 2.94. The number of carbonyl (C=O) groups is 1. The van der Waals surface area contributed by atoms with Gasteiger partial charge < -0.3 is 5.32 Å². The van der Waals surface area contributed by atoms with Crippen LogP contribution in [0.5, 0.6) is 0 Å². The van der Waals surface area contributed by atoms with Crippen LogP contribution in [-0.2, 0) is 0 Å². The van der Waals surface area contributed by atoms with Crippen LogP contribution in [0.15, 0.2) is 78.9 Å². The van der Waals surface area contributed by atoms with Crippen molar-refractivity contribution < 1.29 is 4.79 Å². The van der Waals surface area contributed by atoms with Gasteiger partial charge in [0.2, 0.25) is 0 Å². The summed E-state index contributed by atoms with van der Waals surface area (Å²) in [7, 11) is 0. The Balaban J connectivity index is 1.96. The normalized spacial score (nSPS) is 10.2. The molecule has 0 aliphatic carbocycles. The SMILES string of the molecule is Cc1cccc(-c2ccccc2C(=O)Nc2ccccc2)c1. The van der Waals surface area contributed by atoms with E-state index in [4.69, 9.17) is 0 Å². The molecule has 1 amide bonds. The topological polar surface area (TPSA) is 29.1 Å². The molecule has 2 nitrogen and oxygen atoms in total. The molecule has 1 N–H and O–H groups in total. The highest BCUT2D eigenvalue weighted by atomic mass is 16.1. The summed E-state index contributed by atoms with van der Waals surface area (Å²) < 4.78 is 0. The largest absolute Gasteiger partial charge is 0.322 e. The highest BCUT2D eigenvalue weighted by Gasteiger charge is 2.12. The third kappa shape index (κ3) is 3.07. The molecule has 3 aromatic carbocycles. The van der Waals surface area contributed by atoms with Gasteiger partial charge >= 0.3 is 0 Å². The summed E-state index contributed by atoms with van der Waals surface area (Å²) in [5.41, 5.74) is 4.65. The maximum atomic E-state index is 12.6. The summed E-state index contributed by atoms with van der Waals surface area (Å²) >= 11 is 0. The van der Waals surface area contributed by atoms with Crippen molar-refractivity contribution in [2.75, 3.05) is 5.32 Å². The van der Waals surface area contributed by atoms with Gasteiger partial charge in [-0.25, -0.2) is 0 Å². The Morgan fingerprint density at radius 2 is 1.55 bits per heavy atom. The number of amides is 1. The van der Waals surface area contributed by atoms with Gasteiger partial charge in [0.15, 0.2) is 0 Å². The first-order chi connectivity index (χ1) is 10.7. The fraction of sp³-hybridized carbons (Fsp3) is 0.0500. The monoisotopic (exact) mass is 287 g/mol. The van der Waals surface area contributed by atoms with E-state index in [1.807, 2.05) is 66.7 Å². The minimum Gasteiger partial charge on any atom is -0.322 e. The van der Waals surface area contributed by atoms with Gasteiger partial charge in [0, 0.05) is 11.3 Å². The van der Waals surface area contributed by atoms with Gasteiger partial charge in [-0.3, -0.25) is 4.79 Å². The zero-order valence-corrected chi connectivity index (χ0v) is 12.4. The van der Waals surface area contributed by atoms with Gasteiger partial charge in [0.25, 0.3) is 5.91 Å². The molecule has 0 saturated heterocycles. The van der Waals surface area contributed by atoms with Gasteiger partial charge in [0.05, 0.1) is 0 Å². The molecule has 3 aromatic rings. The van der Waals surface area contributed by atoms with E-state index in [-0.39, 0.29) is 5.91 Å². The molecule has 0 fully saturated rings. The lowest BCUT2D eigenvalue weighted by atomic mass is 9.98. The Labute approximate surface area is 130 Å². The van der Waals surface area contributed by atoms with Crippen LogP contribution in [0.1, 0.15) is 15.9 Å². The number of benzene rings is 3. The predicted octanol–water partition coefficient (Wildman–Crippen LogP) is 4.91. The van der Waals surface area contributed by atoms with E-state index in [9.17, 15) is 4.79 Å². The van der Waals surface area contributed by atoms with E-state index in [1.54, 1.807) is 0 Å². The lowest BCUT2D eigenvalue weighted by Gasteiger charge is -2.11. The van der Waals surface area contributed by atoms with E-state index >= 15 is 0 Å². The molecular formula is C20H17NO. The fourth-order valence-electron chi connectivity index (χ4n) is 2.47. The maximum Gasteiger partial charge on any atom is 0.256 e. The van der Waals surface area contributed by atoms with Crippen molar-refractivity contribution in [2.24, 2.45) is 0 Å². The minimum absolute atomic E-state index is 0.0942. The molecule has 0 aromatic heterocycles. The Hall–Kier alpha value is -2.87. The summed E-state index contributed by atoms with van der Waals surface area (Å²) in [4.78, 5) is 12.6. The van der Waals surface area contributed by atoms with E-state index in [1.165, 1.54) is 5.56 Å². The van der Waals surface area contributed by atoms with Gasteiger partial charge in [-0.2, -0.15) is 0 Å². The molecular weight excluding hydrogens is 270 g/mol. The Morgan fingerprint density at radius 1 is 0.818 bits per heavy atom. The lowest BCUT2D eigenvalue weighted by molar-refractivity contribution is 0.102. The van der Waals surface area contributed by atoms with Gasteiger partial charge in [-0.1, -0.05) is 66.2 Å². The molecule has 0 aliphatic heterocycles. The third-order valence-corrected chi connectivity index (χ3v) is 3.53. The molecule has 3 rings (SSSR count). The van der Waals surface area contributed by atoms with Crippen molar-refractivity contribution in [2.45, 2.75) is 6.92 Å². The van der Waals surface area contributed by atoms with Crippen molar-refractivity contribution in [1.82, 2.24) is 0 Å². The van der Waals surface area contributed by atoms with Crippen LogP contribution in [0.4, 0.5) is 5.69 Å². The van der Waals surface area contributed by atoms with Crippen LogP contribution in [0.2, 0.25) is 0 Å². The van der Waals surface area contributed by atoms with E-state index in [0.717, 1.165) is 16.8 Å². The van der Waals surface area contributed by atoms with Crippen LogP contribution in [0.3, 0.4) is 0 Å². The van der Waals surface area contributed by atoms with Crippen molar-refractivity contribution >= 4 is 11.6 Å². The van der Waals surface area contributed by atoms with Crippen molar-refractivity contribution in [3.8, 4) is 11.1 Å². The third-order valence-electron chi connectivity index (χ3n) is 3.53. The average Bonchev–Trinajstić information content (AvgIpc) is 2.56. The van der Waals surface area contributed by atoms with Crippen LogP contribution >= 0.6 is 0 Å². The summed E-state index contributed by atoms with van der Waals surface area (Å²) in [6.45, 7) is 2.05. The highest BCUT2D eigenvalue weighted by molar-refractivity contribution is 6.08. The molecule has 0 heterocycles. The number of carbonyl (C=O) groups excluding carboxylic acids is 1. The number of nitrogens with one attached hydrogen (secondary N) is 1. The second kappa shape index (κ2) is 6.27. The van der Waals surface area contributed by atoms with Crippen molar-refractivity contribution in [1.29, 1.82) is 0 Å². The molecule has 2 heteroatoms. The molecule has 0 radical (unpaired) electrons. The molecule has 0 aliphatic rings. The number of rotatable bonds is 3. The minimum atomic E-state index is -0.0942. The standard InChI is InChI=1S/C20H17NO/c1-15-8-7-9-16(14-15)18-12-5-6-13-19(18)20(22)21-17-10-3-2-4-11-17/h2-14H,1H3,(H,21,22). The first-order valence-electron chi connectivity index (χ1n) is 7.26. The van der Waals surface area contributed by atoms with Crippen molar-refractivity contribution in [3.05, 3.63) is 90.0 Å². The van der Waals surface area contributed by atoms with Gasteiger partial charge in [-0.05, 0) is 36.2 Å².